The van der Waals surface area contributed by atoms with Crippen LogP contribution in [0.15, 0.2) is 115 Å². The molecule has 0 spiro atoms. The zero-order chi connectivity index (χ0) is 31.2. The summed E-state index contributed by atoms with van der Waals surface area (Å²) in [5, 5.41) is 5.73. The van der Waals surface area contributed by atoms with Crippen LogP contribution < -0.4 is 21.9 Å². The lowest BCUT2D eigenvalue weighted by Gasteiger charge is -2.18. The molecule has 44 heavy (non-hydrogen) atoms. The first-order chi connectivity index (χ1) is 21.4. The van der Waals surface area contributed by atoms with E-state index >= 15 is 0 Å². The summed E-state index contributed by atoms with van der Waals surface area (Å²) in [6.07, 6.45) is 13.1. The molecule has 6 aromatic rings. The molecule has 0 bridgehead atoms. The van der Waals surface area contributed by atoms with E-state index in [1.165, 1.54) is 40.3 Å². The summed E-state index contributed by atoms with van der Waals surface area (Å²) in [6.45, 7) is 2.10. The Bertz CT molecular complexity index is 2100. The molecule has 1 aliphatic carbocycles. The maximum absolute atomic E-state index is 13.1. The molecule has 3 nitrogen and oxygen atoms in total. The van der Waals surface area contributed by atoms with E-state index in [1.54, 1.807) is 12.1 Å². The van der Waals surface area contributed by atoms with Gasteiger partial charge < -0.3 is 16.5 Å². The van der Waals surface area contributed by atoms with Gasteiger partial charge in [0.05, 0.1) is 0 Å². The largest absolute Gasteiger partial charge is 0.385 e. The van der Waals surface area contributed by atoms with Crippen LogP contribution in [0.2, 0.25) is 0 Å². The minimum absolute atomic E-state index is 0.125. The summed E-state index contributed by atoms with van der Waals surface area (Å²) in [5.41, 5.74) is 18.6. The number of nitrogens with two attached hydrogens (primary N) is 2. The van der Waals surface area contributed by atoms with Crippen molar-refractivity contribution in [1.29, 1.82) is 0 Å². The SMILES string of the molecule is C#C.CC/C(=C1/C=c2ccccc2=CC1N)c1ccc(F)cc1.Nc1[nH]c2cc3ccccc3cc2c1-c1ccc(F)cc1. The van der Waals surface area contributed by atoms with E-state index in [-0.39, 0.29) is 17.7 Å². The Kier molecular flexibility index (Phi) is 9.04. The van der Waals surface area contributed by atoms with Gasteiger partial charge >= 0.3 is 0 Å². The van der Waals surface area contributed by atoms with Crippen molar-refractivity contribution in [1.82, 2.24) is 4.98 Å². The molecular weight excluding hydrogens is 548 g/mol. The predicted molar refractivity (Wildman–Crippen MR) is 182 cm³/mol. The van der Waals surface area contributed by atoms with Crippen molar-refractivity contribution in [2.45, 2.75) is 19.4 Å². The number of H-pyrrole nitrogens is 1. The van der Waals surface area contributed by atoms with Gasteiger partial charge in [0.2, 0.25) is 0 Å². The summed E-state index contributed by atoms with van der Waals surface area (Å²) in [7, 11) is 0. The van der Waals surface area contributed by atoms with Gasteiger partial charge in [-0.25, -0.2) is 8.78 Å². The fourth-order valence-electron chi connectivity index (χ4n) is 5.69. The number of rotatable bonds is 3. The number of nitrogens with one attached hydrogen (secondary N) is 1. The number of aromatic nitrogens is 1. The van der Waals surface area contributed by atoms with Crippen LogP contribution in [0.25, 0.3) is 50.5 Å². The highest BCUT2D eigenvalue weighted by molar-refractivity contribution is 6.07. The van der Waals surface area contributed by atoms with E-state index in [1.807, 2.05) is 36.4 Å². The number of hydrogen-bond donors (Lipinski definition) is 3. The van der Waals surface area contributed by atoms with Crippen LogP contribution in [0, 0.1) is 24.5 Å². The molecule has 0 saturated carbocycles. The van der Waals surface area contributed by atoms with E-state index in [0.29, 0.717) is 5.82 Å². The molecule has 218 valence electrons. The van der Waals surface area contributed by atoms with E-state index in [9.17, 15) is 8.78 Å². The number of nitrogen functional groups attached to an aromatic ring is 1. The lowest BCUT2D eigenvalue weighted by molar-refractivity contribution is 0.627. The van der Waals surface area contributed by atoms with Crippen molar-refractivity contribution in [3.63, 3.8) is 0 Å². The molecule has 0 saturated heterocycles. The van der Waals surface area contributed by atoms with Crippen LogP contribution in [0.5, 0.6) is 0 Å². The van der Waals surface area contributed by atoms with E-state index < -0.39 is 0 Å². The molecule has 1 atom stereocenters. The zero-order valence-electron chi connectivity index (χ0n) is 24.4. The third-order valence-electron chi connectivity index (χ3n) is 7.75. The van der Waals surface area contributed by atoms with E-state index in [4.69, 9.17) is 11.5 Å². The average molecular weight is 582 g/mol. The quantitative estimate of drug-likeness (QED) is 0.189. The number of aromatic amines is 1. The number of allylic oxidation sites excluding steroid dienone is 1. The molecule has 0 fully saturated rings. The van der Waals surface area contributed by atoms with Crippen molar-refractivity contribution in [3.05, 3.63) is 142 Å². The lowest BCUT2D eigenvalue weighted by atomic mass is 9.89. The minimum atomic E-state index is -0.248. The highest BCUT2D eigenvalue weighted by Crippen LogP contribution is 2.36. The van der Waals surface area contributed by atoms with Crippen LogP contribution in [0.1, 0.15) is 18.9 Å². The Balaban J connectivity index is 0.000000165. The number of benzene rings is 5. The second-order valence-corrected chi connectivity index (χ2v) is 10.4. The number of terminal acetylenes is 1. The number of hydrogen-bond acceptors (Lipinski definition) is 2. The van der Waals surface area contributed by atoms with Crippen LogP contribution in [0.4, 0.5) is 14.6 Å². The van der Waals surface area contributed by atoms with Crippen molar-refractivity contribution in [3.8, 4) is 24.0 Å². The molecule has 1 heterocycles. The van der Waals surface area contributed by atoms with E-state index in [0.717, 1.165) is 50.4 Å². The third-order valence-corrected chi connectivity index (χ3v) is 7.75. The topological polar surface area (TPSA) is 67.8 Å². The summed E-state index contributed by atoms with van der Waals surface area (Å²) < 4.78 is 26.2. The second-order valence-electron chi connectivity index (χ2n) is 10.4. The molecule has 1 unspecified atom stereocenters. The highest BCUT2D eigenvalue weighted by Gasteiger charge is 2.15. The molecule has 0 amide bonds. The maximum Gasteiger partial charge on any atom is 0.123 e. The summed E-state index contributed by atoms with van der Waals surface area (Å²) in [5.74, 6) is 0.141. The first kappa shape index (κ1) is 30.0. The molecule has 1 aliphatic rings. The van der Waals surface area contributed by atoms with Crippen molar-refractivity contribution < 1.29 is 8.78 Å². The monoisotopic (exact) mass is 581 g/mol. The lowest BCUT2D eigenvalue weighted by Crippen LogP contribution is -2.35. The normalized spacial score (nSPS) is 14.6. The van der Waals surface area contributed by atoms with Crippen LogP contribution >= 0.6 is 0 Å². The van der Waals surface area contributed by atoms with Gasteiger partial charge in [-0.15, -0.1) is 12.8 Å². The van der Waals surface area contributed by atoms with Gasteiger partial charge in [0, 0.05) is 22.5 Å². The molecule has 5 aromatic carbocycles. The Morgan fingerprint density at radius 1 is 0.773 bits per heavy atom. The van der Waals surface area contributed by atoms with Gasteiger partial charge in [-0.05, 0) is 92.4 Å². The number of anilines is 1. The van der Waals surface area contributed by atoms with Gasteiger partial charge in [-0.1, -0.05) is 85.8 Å². The summed E-state index contributed by atoms with van der Waals surface area (Å²) >= 11 is 0. The molecule has 0 radical (unpaired) electrons. The van der Waals surface area contributed by atoms with Gasteiger partial charge in [-0.2, -0.15) is 0 Å². The molecule has 5 heteroatoms. The van der Waals surface area contributed by atoms with Gasteiger partial charge in [0.1, 0.15) is 17.5 Å². The third kappa shape index (κ3) is 6.17. The number of halogens is 2. The zero-order valence-corrected chi connectivity index (χ0v) is 24.4. The van der Waals surface area contributed by atoms with Crippen molar-refractivity contribution >= 4 is 45.2 Å². The predicted octanol–water partition coefficient (Wildman–Crippen LogP) is 7.55. The van der Waals surface area contributed by atoms with Gasteiger partial charge in [0.25, 0.3) is 0 Å². The van der Waals surface area contributed by atoms with Crippen LogP contribution in [-0.4, -0.2) is 11.0 Å². The second kappa shape index (κ2) is 13.2. The molecule has 0 aliphatic heterocycles. The van der Waals surface area contributed by atoms with Crippen LogP contribution in [-0.2, 0) is 0 Å². The van der Waals surface area contributed by atoms with Gasteiger partial charge in [0.15, 0.2) is 0 Å². The molecule has 7 rings (SSSR count). The standard InChI is InChI=1S/C19H18FN.C18H13FN2.C2H2/c1-2-17(13-7-9-16(20)10-8-13)18-11-14-5-3-4-6-15(14)12-19(18)21;19-14-7-5-11(6-8-14)17-15-9-12-3-1-2-4-13(12)10-16(15)21-18(17)20;1-2/h3-12,19H,2,21H2,1H3;1-10,21H,20H2;1-2H/b18-17+;;. The highest BCUT2D eigenvalue weighted by atomic mass is 19.1. The fraction of sp³-hybridized carbons (Fsp3) is 0.0769. The smallest absolute Gasteiger partial charge is 0.123 e. The van der Waals surface area contributed by atoms with Crippen molar-refractivity contribution in [2.75, 3.05) is 5.73 Å². The first-order valence-electron chi connectivity index (χ1n) is 14.3. The molecule has 1 aromatic heterocycles. The fourth-order valence-corrected chi connectivity index (χ4v) is 5.69. The Morgan fingerprint density at radius 3 is 1.98 bits per heavy atom. The van der Waals surface area contributed by atoms with E-state index in [2.05, 4.69) is 73.3 Å². The Hall–Kier alpha value is -5.44. The summed E-state index contributed by atoms with van der Waals surface area (Å²) in [6, 6.07) is 33.5. The Labute approximate surface area is 255 Å². The van der Waals surface area contributed by atoms with Crippen molar-refractivity contribution in [2.24, 2.45) is 5.73 Å². The Morgan fingerprint density at radius 2 is 1.34 bits per heavy atom. The minimum Gasteiger partial charge on any atom is -0.385 e. The first-order valence-corrected chi connectivity index (χ1v) is 14.3. The average Bonchev–Trinajstić information content (AvgIpc) is 3.37. The van der Waals surface area contributed by atoms with Gasteiger partial charge in [-0.3, -0.25) is 0 Å². The molecular formula is C39H33F2N3. The number of fused-ring (bicyclic) bond motifs is 3. The molecule has 5 N–H and O–H groups in total. The van der Waals surface area contributed by atoms with Crippen LogP contribution in [0.3, 0.4) is 0 Å². The maximum atomic E-state index is 13.1. The summed E-state index contributed by atoms with van der Waals surface area (Å²) in [4.78, 5) is 3.22.